The lowest BCUT2D eigenvalue weighted by Crippen LogP contribution is -2.50. The molecule has 0 radical (unpaired) electrons. The number of hydrogen-bond acceptors (Lipinski definition) is 5. The molecule has 4 aliphatic rings. The maximum atomic E-state index is 13.0. The Bertz CT molecular complexity index is 1020. The largest absolute Gasteiger partial charge is 0.458 e. The molecule has 3 aliphatic carbocycles. The average molecular weight is 443 g/mol. The molecule has 2 bridgehead atoms. The molecular formula is C24H27ClN2O4. The van der Waals surface area contributed by atoms with Crippen LogP contribution in [0.15, 0.2) is 42.5 Å². The third-order valence-corrected chi connectivity index (χ3v) is 7.20. The Kier molecular flexibility index (Phi) is 6.04. The average Bonchev–Trinajstić information content (AvgIpc) is 3.04. The van der Waals surface area contributed by atoms with E-state index >= 15 is 0 Å². The van der Waals surface area contributed by atoms with Gasteiger partial charge in [0.05, 0.1) is 17.4 Å². The van der Waals surface area contributed by atoms with Crippen molar-refractivity contribution in [3.05, 3.63) is 48.0 Å². The number of esters is 1. The van der Waals surface area contributed by atoms with E-state index < -0.39 is 0 Å². The summed E-state index contributed by atoms with van der Waals surface area (Å²) in [5.41, 5.74) is 6.12. The highest BCUT2D eigenvalue weighted by Gasteiger charge is 2.61. The second kappa shape index (κ2) is 8.60. The van der Waals surface area contributed by atoms with E-state index in [1.165, 1.54) is 4.90 Å². The highest BCUT2D eigenvalue weighted by molar-refractivity contribution is 6.06. The van der Waals surface area contributed by atoms with Gasteiger partial charge >= 0.3 is 5.97 Å². The van der Waals surface area contributed by atoms with Gasteiger partial charge in [-0.25, -0.2) is 4.79 Å². The zero-order chi connectivity index (χ0) is 20.8. The lowest BCUT2D eigenvalue weighted by Gasteiger charge is -2.47. The number of carbonyl (C=O) groups excluding carboxylic acids is 3. The second-order valence-electron chi connectivity index (χ2n) is 8.73. The molecule has 7 heteroatoms. The summed E-state index contributed by atoms with van der Waals surface area (Å²) in [5, 5.41) is 1.85. The first-order chi connectivity index (χ1) is 14.6. The molecule has 164 valence electrons. The molecule has 2 aromatic carbocycles. The summed E-state index contributed by atoms with van der Waals surface area (Å²) in [6.07, 6.45) is 2.70. The van der Waals surface area contributed by atoms with Gasteiger partial charge in [-0.2, -0.15) is 0 Å². The minimum absolute atomic E-state index is 0. The molecule has 6 rings (SSSR count). The molecule has 6 nitrogen and oxygen atoms in total. The van der Waals surface area contributed by atoms with E-state index in [2.05, 4.69) is 0 Å². The van der Waals surface area contributed by atoms with Crippen molar-refractivity contribution in [2.24, 2.45) is 29.4 Å². The highest BCUT2D eigenvalue weighted by Crippen LogP contribution is 2.54. The predicted molar refractivity (Wildman–Crippen MR) is 119 cm³/mol. The van der Waals surface area contributed by atoms with E-state index in [1.807, 2.05) is 36.4 Å². The molecule has 4 fully saturated rings. The number of halogens is 1. The van der Waals surface area contributed by atoms with Crippen LogP contribution in [-0.2, 0) is 14.3 Å². The number of ether oxygens (including phenoxy) is 1. The molecule has 0 aromatic heterocycles. The number of carbonyl (C=O) groups is 3. The number of imide groups is 1. The Morgan fingerprint density at radius 3 is 2.58 bits per heavy atom. The molecule has 2 N–H and O–H groups in total. The van der Waals surface area contributed by atoms with Gasteiger partial charge in [-0.05, 0) is 55.0 Å². The smallest absolute Gasteiger partial charge is 0.339 e. The number of benzene rings is 2. The van der Waals surface area contributed by atoms with Crippen LogP contribution in [0.5, 0.6) is 0 Å². The Morgan fingerprint density at radius 2 is 1.77 bits per heavy atom. The van der Waals surface area contributed by atoms with Crippen molar-refractivity contribution in [2.75, 3.05) is 13.1 Å². The van der Waals surface area contributed by atoms with E-state index in [1.54, 1.807) is 6.07 Å². The number of hydrogen-bond donors (Lipinski definition) is 1. The summed E-state index contributed by atoms with van der Waals surface area (Å²) >= 11 is 0. The maximum Gasteiger partial charge on any atom is 0.339 e. The van der Waals surface area contributed by atoms with Gasteiger partial charge in [0, 0.05) is 12.5 Å². The molecule has 2 aromatic rings. The fraction of sp³-hybridized carbons (Fsp3) is 0.458. The SMILES string of the molecule is Cl.NCCCN1C(=O)C2C3CCC(C(OC(=O)c4cccc5ccccc45)C3)C2C1=O. The lowest BCUT2D eigenvalue weighted by atomic mass is 9.58. The van der Waals surface area contributed by atoms with Gasteiger partial charge in [0.15, 0.2) is 0 Å². The third-order valence-electron chi connectivity index (χ3n) is 7.20. The molecule has 1 aliphatic heterocycles. The van der Waals surface area contributed by atoms with Crippen LogP contribution >= 0.6 is 12.4 Å². The first kappa shape index (κ1) is 21.8. The van der Waals surface area contributed by atoms with Crippen LogP contribution in [0.4, 0.5) is 0 Å². The summed E-state index contributed by atoms with van der Waals surface area (Å²) < 4.78 is 5.99. The van der Waals surface area contributed by atoms with E-state index in [4.69, 9.17) is 10.5 Å². The van der Waals surface area contributed by atoms with E-state index in [9.17, 15) is 14.4 Å². The minimum atomic E-state index is -0.354. The number of nitrogens with two attached hydrogens (primary N) is 1. The normalized spacial score (nSPS) is 29.1. The molecule has 1 saturated heterocycles. The van der Waals surface area contributed by atoms with Gasteiger partial charge in [-0.15, -0.1) is 12.4 Å². The van der Waals surface area contributed by atoms with Crippen LogP contribution < -0.4 is 5.73 Å². The number of nitrogens with zero attached hydrogens (tertiary/aromatic N) is 1. The molecule has 1 heterocycles. The zero-order valence-corrected chi connectivity index (χ0v) is 18.1. The van der Waals surface area contributed by atoms with Gasteiger partial charge in [0.2, 0.25) is 11.8 Å². The van der Waals surface area contributed by atoms with Gasteiger partial charge in [-0.1, -0.05) is 36.4 Å². The first-order valence-corrected chi connectivity index (χ1v) is 10.8. The van der Waals surface area contributed by atoms with Crippen LogP contribution in [0, 0.1) is 23.7 Å². The Balaban J connectivity index is 0.00000231. The van der Waals surface area contributed by atoms with Crippen molar-refractivity contribution in [1.82, 2.24) is 4.90 Å². The van der Waals surface area contributed by atoms with Crippen LogP contribution in [0.1, 0.15) is 36.0 Å². The predicted octanol–water partition coefficient (Wildman–Crippen LogP) is 3.17. The number of rotatable bonds is 5. The summed E-state index contributed by atoms with van der Waals surface area (Å²) in [4.78, 5) is 40.4. The van der Waals surface area contributed by atoms with Crippen molar-refractivity contribution in [3.8, 4) is 0 Å². The van der Waals surface area contributed by atoms with Crippen molar-refractivity contribution in [1.29, 1.82) is 0 Å². The minimum Gasteiger partial charge on any atom is -0.458 e. The topological polar surface area (TPSA) is 89.7 Å². The summed E-state index contributed by atoms with van der Waals surface area (Å²) in [7, 11) is 0. The molecule has 5 atom stereocenters. The van der Waals surface area contributed by atoms with Gasteiger partial charge in [0.1, 0.15) is 6.10 Å². The Morgan fingerprint density at radius 1 is 1.03 bits per heavy atom. The first-order valence-electron chi connectivity index (χ1n) is 10.8. The highest BCUT2D eigenvalue weighted by atomic mass is 35.5. The van der Waals surface area contributed by atoms with E-state index in [0.717, 1.165) is 23.6 Å². The van der Waals surface area contributed by atoms with Crippen LogP contribution in [-0.4, -0.2) is 41.9 Å². The van der Waals surface area contributed by atoms with Gasteiger partial charge < -0.3 is 10.5 Å². The summed E-state index contributed by atoms with van der Waals surface area (Å²) in [6.45, 7) is 0.839. The fourth-order valence-electron chi connectivity index (χ4n) is 5.85. The molecular weight excluding hydrogens is 416 g/mol. The monoisotopic (exact) mass is 442 g/mol. The zero-order valence-electron chi connectivity index (χ0n) is 17.2. The number of likely N-dealkylation sites (tertiary alicyclic amines) is 1. The quantitative estimate of drug-likeness (QED) is 0.567. The standard InChI is InChI=1S/C24H26N2O4.ClH/c25-11-4-12-26-22(27)20-15-9-10-18(21(20)23(26)28)19(13-15)30-24(29)17-8-3-6-14-5-1-2-7-16(14)17;/h1-3,5-8,15,18-21H,4,9-13,25H2;1H. The molecule has 31 heavy (non-hydrogen) atoms. The Labute approximate surface area is 187 Å². The van der Waals surface area contributed by atoms with Crippen molar-refractivity contribution < 1.29 is 19.1 Å². The Hall–Kier alpha value is -2.44. The van der Waals surface area contributed by atoms with Crippen LogP contribution in [0.3, 0.4) is 0 Å². The summed E-state index contributed by atoms with van der Waals surface area (Å²) in [5.74, 6) is -1.08. The summed E-state index contributed by atoms with van der Waals surface area (Å²) in [6, 6.07) is 13.4. The van der Waals surface area contributed by atoms with E-state index in [-0.39, 0.29) is 60.0 Å². The van der Waals surface area contributed by atoms with Crippen molar-refractivity contribution in [3.63, 3.8) is 0 Å². The van der Waals surface area contributed by atoms with Gasteiger partial charge in [0.25, 0.3) is 0 Å². The molecule has 5 unspecified atom stereocenters. The molecule has 3 saturated carbocycles. The van der Waals surface area contributed by atoms with Crippen LogP contribution in [0.25, 0.3) is 10.8 Å². The number of amides is 2. The van der Waals surface area contributed by atoms with E-state index in [0.29, 0.717) is 31.5 Å². The fourth-order valence-corrected chi connectivity index (χ4v) is 5.85. The van der Waals surface area contributed by atoms with Crippen molar-refractivity contribution in [2.45, 2.75) is 31.8 Å². The second-order valence-corrected chi connectivity index (χ2v) is 8.73. The maximum absolute atomic E-state index is 13.0. The lowest BCUT2D eigenvalue weighted by molar-refractivity contribution is -0.140. The van der Waals surface area contributed by atoms with Crippen LogP contribution in [0.2, 0.25) is 0 Å². The third kappa shape index (κ3) is 3.52. The molecule has 0 spiro atoms. The number of fused-ring (bicyclic) bond motifs is 3. The molecule has 2 amide bonds. The van der Waals surface area contributed by atoms with Gasteiger partial charge in [-0.3, -0.25) is 14.5 Å². The van der Waals surface area contributed by atoms with Crippen molar-refractivity contribution >= 4 is 41.0 Å².